The van der Waals surface area contributed by atoms with E-state index in [1.165, 1.54) is 12.1 Å². The molecule has 0 saturated carbocycles. The minimum Gasteiger partial charge on any atom is -0.493 e. The Labute approximate surface area is 154 Å². The first-order chi connectivity index (χ1) is 12.6. The van der Waals surface area contributed by atoms with Gasteiger partial charge < -0.3 is 14.8 Å². The van der Waals surface area contributed by atoms with Gasteiger partial charge in [0.15, 0.2) is 11.5 Å². The third-order valence-electron chi connectivity index (χ3n) is 4.22. The van der Waals surface area contributed by atoms with Crippen LogP contribution in [-0.2, 0) is 17.6 Å². The maximum atomic E-state index is 12.8. The molecule has 0 atom stereocenters. The van der Waals surface area contributed by atoms with Crippen LogP contribution in [0.15, 0.2) is 42.5 Å². The van der Waals surface area contributed by atoms with Crippen molar-refractivity contribution in [1.82, 2.24) is 5.32 Å². The molecule has 0 bridgehead atoms. The van der Waals surface area contributed by atoms with Crippen molar-refractivity contribution >= 4 is 5.91 Å². The number of hydrogen-bond acceptors (Lipinski definition) is 3. The van der Waals surface area contributed by atoms with E-state index in [2.05, 4.69) is 5.32 Å². The molecule has 0 aromatic heterocycles. The fourth-order valence-corrected chi connectivity index (χ4v) is 2.74. The Hall–Kier alpha value is -2.56. The number of nitrogens with one attached hydrogen (secondary N) is 1. The van der Waals surface area contributed by atoms with E-state index in [1.54, 1.807) is 26.4 Å². The lowest BCUT2D eigenvalue weighted by Crippen LogP contribution is -2.25. The molecule has 0 spiro atoms. The number of carbonyl (C=O) groups excluding carboxylic acids is 1. The fourth-order valence-electron chi connectivity index (χ4n) is 2.74. The van der Waals surface area contributed by atoms with Crippen LogP contribution in [0.2, 0.25) is 0 Å². The monoisotopic (exact) mass is 359 g/mol. The zero-order valence-corrected chi connectivity index (χ0v) is 15.4. The summed E-state index contributed by atoms with van der Waals surface area (Å²) >= 11 is 0. The molecule has 0 fully saturated rings. The number of hydrogen-bond donors (Lipinski definition) is 1. The van der Waals surface area contributed by atoms with E-state index in [-0.39, 0.29) is 11.7 Å². The van der Waals surface area contributed by atoms with Gasteiger partial charge in [-0.25, -0.2) is 4.39 Å². The van der Waals surface area contributed by atoms with Crippen LogP contribution in [0, 0.1) is 5.82 Å². The first kappa shape index (κ1) is 19.8. The molecule has 2 aromatic carbocycles. The number of amides is 1. The number of rotatable bonds is 10. The molecular formula is C21H26FNO3. The average molecular weight is 359 g/mol. The van der Waals surface area contributed by atoms with Gasteiger partial charge in [0.25, 0.3) is 0 Å². The predicted octanol–water partition coefficient (Wildman–Crippen LogP) is 3.91. The molecular weight excluding hydrogens is 333 g/mol. The molecule has 0 aliphatic heterocycles. The normalized spacial score (nSPS) is 10.4. The van der Waals surface area contributed by atoms with Gasteiger partial charge >= 0.3 is 0 Å². The summed E-state index contributed by atoms with van der Waals surface area (Å²) in [6.07, 6.45) is 3.84. The lowest BCUT2D eigenvalue weighted by molar-refractivity contribution is -0.121. The Morgan fingerprint density at radius 1 is 0.923 bits per heavy atom. The van der Waals surface area contributed by atoms with E-state index in [1.807, 2.05) is 18.2 Å². The Bertz CT molecular complexity index is 701. The molecule has 1 amide bonds. The van der Waals surface area contributed by atoms with Crippen molar-refractivity contribution in [3.05, 3.63) is 59.4 Å². The van der Waals surface area contributed by atoms with Crippen LogP contribution in [0.1, 0.15) is 30.4 Å². The molecule has 0 heterocycles. The van der Waals surface area contributed by atoms with E-state index in [0.29, 0.717) is 24.5 Å². The average Bonchev–Trinajstić information content (AvgIpc) is 2.66. The number of aryl methyl sites for hydroxylation is 1. The SMILES string of the molecule is COc1ccc(CCNC(=O)CCCCc2ccc(F)cc2)cc1OC. The standard InChI is InChI=1S/C21H26FNO3/c1-25-19-12-9-17(15-20(19)26-2)13-14-23-21(24)6-4-3-5-16-7-10-18(22)11-8-16/h7-12,15H,3-6,13-14H2,1-2H3,(H,23,24). The highest BCUT2D eigenvalue weighted by atomic mass is 19.1. The van der Waals surface area contributed by atoms with Gasteiger partial charge in [0.1, 0.15) is 5.82 Å². The summed E-state index contributed by atoms with van der Waals surface area (Å²) in [5, 5.41) is 2.94. The second-order valence-electron chi connectivity index (χ2n) is 6.12. The summed E-state index contributed by atoms with van der Waals surface area (Å²) in [6, 6.07) is 12.3. The van der Waals surface area contributed by atoms with Crippen LogP contribution in [0.3, 0.4) is 0 Å². The van der Waals surface area contributed by atoms with Gasteiger partial charge in [-0.3, -0.25) is 4.79 Å². The fraction of sp³-hybridized carbons (Fsp3) is 0.381. The topological polar surface area (TPSA) is 47.6 Å². The quantitative estimate of drug-likeness (QED) is 0.654. The summed E-state index contributed by atoms with van der Waals surface area (Å²) in [5.41, 5.74) is 2.18. The van der Waals surface area contributed by atoms with Gasteiger partial charge in [0.2, 0.25) is 5.91 Å². The molecule has 0 saturated heterocycles. The molecule has 2 aromatic rings. The van der Waals surface area contributed by atoms with Gasteiger partial charge in [-0.05, 0) is 61.1 Å². The Morgan fingerprint density at radius 3 is 2.31 bits per heavy atom. The number of methoxy groups -OCH3 is 2. The van der Waals surface area contributed by atoms with E-state index in [9.17, 15) is 9.18 Å². The molecule has 0 radical (unpaired) electrons. The minimum atomic E-state index is -0.220. The summed E-state index contributed by atoms with van der Waals surface area (Å²) in [6.45, 7) is 0.590. The van der Waals surface area contributed by atoms with Crippen molar-refractivity contribution in [2.75, 3.05) is 20.8 Å². The van der Waals surface area contributed by atoms with Crippen molar-refractivity contribution in [3.8, 4) is 11.5 Å². The van der Waals surface area contributed by atoms with Gasteiger partial charge in [-0.15, -0.1) is 0 Å². The van der Waals surface area contributed by atoms with E-state index in [0.717, 1.165) is 36.8 Å². The van der Waals surface area contributed by atoms with E-state index < -0.39 is 0 Å². The Balaban J connectivity index is 1.63. The van der Waals surface area contributed by atoms with Crippen LogP contribution in [0.4, 0.5) is 4.39 Å². The summed E-state index contributed by atoms with van der Waals surface area (Å²) in [4.78, 5) is 11.9. The van der Waals surface area contributed by atoms with Crippen LogP contribution >= 0.6 is 0 Å². The molecule has 26 heavy (non-hydrogen) atoms. The summed E-state index contributed by atoms with van der Waals surface area (Å²) < 4.78 is 23.3. The summed E-state index contributed by atoms with van der Waals surface area (Å²) in [5.74, 6) is 1.23. The second kappa shape index (κ2) is 10.4. The molecule has 5 heteroatoms. The van der Waals surface area contributed by atoms with Crippen LogP contribution in [-0.4, -0.2) is 26.7 Å². The van der Waals surface area contributed by atoms with E-state index >= 15 is 0 Å². The number of benzene rings is 2. The van der Waals surface area contributed by atoms with Gasteiger partial charge in [-0.1, -0.05) is 18.2 Å². The first-order valence-electron chi connectivity index (χ1n) is 8.84. The molecule has 2 rings (SSSR count). The molecule has 1 N–H and O–H groups in total. The number of ether oxygens (including phenoxy) is 2. The highest BCUT2D eigenvalue weighted by Gasteiger charge is 2.06. The maximum absolute atomic E-state index is 12.8. The third-order valence-corrected chi connectivity index (χ3v) is 4.22. The van der Waals surface area contributed by atoms with Crippen molar-refractivity contribution in [2.24, 2.45) is 0 Å². The van der Waals surface area contributed by atoms with Crippen molar-refractivity contribution < 1.29 is 18.7 Å². The van der Waals surface area contributed by atoms with E-state index in [4.69, 9.17) is 9.47 Å². The van der Waals surface area contributed by atoms with Gasteiger partial charge in [0.05, 0.1) is 14.2 Å². The van der Waals surface area contributed by atoms with Crippen LogP contribution in [0.5, 0.6) is 11.5 Å². The Kier molecular flexibility index (Phi) is 7.93. The minimum absolute atomic E-state index is 0.0598. The lowest BCUT2D eigenvalue weighted by atomic mass is 10.1. The molecule has 0 aliphatic carbocycles. The largest absolute Gasteiger partial charge is 0.493 e. The highest BCUT2D eigenvalue weighted by Crippen LogP contribution is 2.27. The third kappa shape index (κ3) is 6.39. The van der Waals surface area contributed by atoms with Gasteiger partial charge in [0, 0.05) is 13.0 Å². The van der Waals surface area contributed by atoms with Crippen molar-refractivity contribution in [1.29, 1.82) is 0 Å². The van der Waals surface area contributed by atoms with Gasteiger partial charge in [-0.2, -0.15) is 0 Å². The van der Waals surface area contributed by atoms with Crippen LogP contribution in [0.25, 0.3) is 0 Å². The molecule has 4 nitrogen and oxygen atoms in total. The second-order valence-corrected chi connectivity index (χ2v) is 6.12. The van der Waals surface area contributed by atoms with Crippen LogP contribution < -0.4 is 14.8 Å². The molecule has 0 aliphatic rings. The number of carbonyl (C=O) groups is 1. The maximum Gasteiger partial charge on any atom is 0.220 e. The molecule has 0 unspecified atom stereocenters. The smallest absolute Gasteiger partial charge is 0.220 e. The summed E-state index contributed by atoms with van der Waals surface area (Å²) in [7, 11) is 3.21. The number of halogens is 1. The zero-order valence-electron chi connectivity index (χ0n) is 15.4. The Morgan fingerprint density at radius 2 is 1.62 bits per heavy atom. The zero-order chi connectivity index (χ0) is 18.8. The lowest BCUT2D eigenvalue weighted by Gasteiger charge is -2.10. The molecule has 140 valence electrons. The number of unbranched alkanes of at least 4 members (excludes halogenated alkanes) is 1. The predicted molar refractivity (Wildman–Crippen MR) is 100 cm³/mol. The first-order valence-corrected chi connectivity index (χ1v) is 8.84. The van der Waals surface area contributed by atoms with Crippen molar-refractivity contribution in [3.63, 3.8) is 0 Å². The highest BCUT2D eigenvalue weighted by molar-refractivity contribution is 5.75. The van der Waals surface area contributed by atoms with Crippen molar-refractivity contribution in [2.45, 2.75) is 32.1 Å².